The van der Waals surface area contributed by atoms with E-state index in [0.29, 0.717) is 30.5 Å². The molecule has 4 heteroatoms. The summed E-state index contributed by atoms with van der Waals surface area (Å²) in [5.74, 6) is 0.537. The summed E-state index contributed by atoms with van der Waals surface area (Å²) in [6.07, 6.45) is 4.41. The maximum absolute atomic E-state index is 9.18. The maximum Gasteiger partial charge on any atom is 0.192 e. The summed E-state index contributed by atoms with van der Waals surface area (Å²) >= 11 is 0. The molecule has 1 aromatic rings. The number of piperidine rings is 1. The van der Waals surface area contributed by atoms with E-state index in [9.17, 15) is 5.26 Å². The van der Waals surface area contributed by atoms with Gasteiger partial charge in [0.1, 0.15) is 0 Å². The average molecular weight is 371 g/mol. The Morgan fingerprint density at radius 2 is 1.85 bits per heavy atom. The number of benzene rings is 1. The van der Waals surface area contributed by atoms with E-state index in [0.717, 1.165) is 25.8 Å². The summed E-state index contributed by atoms with van der Waals surface area (Å²) in [6, 6.07) is 14.2. The van der Waals surface area contributed by atoms with Gasteiger partial charge in [-0.25, -0.2) is 0 Å². The van der Waals surface area contributed by atoms with Gasteiger partial charge < -0.3 is 4.43 Å². The van der Waals surface area contributed by atoms with Crippen molar-refractivity contribution < 1.29 is 4.43 Å². The molecule has 2 bridgehead atoms. The second-order valence-corrected chi connectivity index (χ2v) is 14.5. The molecule has 3 nitrogen and oxygen atoms in total. The molecule has 0 spiro atoms. The van der Waals surface area contributed by atoms with Crippen molar-refractivity contribution in [2.75, 3.05) is 0 Å². The molecule has 0 N–H and O–H groups in total. The highest BCUT2D eigenvalue weighted by Gasteiger charge is 2.50. The molecule has 26 heavy (non-hydrogen) atoms. The lowest BCUT2D eigenvalue weighted by atomic mass is 9.88. The van der Waals surface area contributed by atoms with E-state index >= 15 is 0 Å². The standard InChI is InChI=1S/C22H34N2OSi/c1-22(2,3)26(4,5)25-21-15-19-13-18(11-12-23)14-20(21)24(19)16-17-9-7-6-8-10-17/h6-10,18-21H,11,13-16H2,1-5H3. The van der Waals surface area contributed by atoms with Crippen molar-refractivity contribution in [2.24, 2.45) is 5.92 Å². The molecule has 142 valence electrons. The van der Waals surface area contributed by atoms with Crippen molar-refractivity contribution in [2.45, 2.75) is 89.3 Å². The Kier molecular flexibility index (Phi) is 5.63. The smallest absolute Gasteiger partial charge is 0.192 e. The minimum absolute atomic E-state index is 0.236. The number of nitriles is 1. The zero-order valence-electron chi connectivity index (χ0n) is 17.0. The first kappa shape index (κ1) is 19.6. The number of fused-ring (bicyclic) bond motifs is 2. The van der Waals surface area contributed by atoms with Gasteiger partial charge in [0.2, 0.25) is 0 Å². The lowest BCUT2D eigenvalue weighted by Crippen LogP contribution is -2.49. The summed E-state index contributed by atoms with van der Waals surface area (Å²) in [5, 5.41) is 9.42. The van der Waals surface area contributed by atoms with Crippen molar-refractivity contribution >= 4 is 8.32 Å². The fourth-order valence-corrected chi connectivity index (χ4v) is 5.77. The minimum atomic E-state index is -1.78. The van der Waals surface area contributed by atoms with Crippen molar-refractivity contribution in [1.82, 2.24) is 4.90 Å². The van der Waals surface area contributed by atoms with E-state index < -0.39 is 8.32 Å². The minimum Gasteiger partial charge on any atom is -0.412 e. The molecule has 0 aromatic heterocycles. The second-order valence-electron chi connectivity index (χ2n) is 9.73. The number of rotatable bonds is 5. The quantitative estimate of drug-likeness (QED) is 0.656. The van der Waals surface area contributed by atoms with E-state index in [1.807, 2.05) is 0 Å². The zero-order chi connectivity index (χ0) is 18.9. The van der Waals surface area contributed by atoms with E-state index in [1.165, 1.54) is 5.56 Å². The van der Waals surface area contributed by atoms with Crippen LogP contribution in [0.4, 0.5) is 0 Å². The largest absolute Gasteiger partial charge is 0.412 e. The van der Waals surface area contributed by atoms with Crippen LogP contribution in [0.15, 0.2) is 30.3 Å². The third-order valence-electron chi connectivity index (χ3n) is 6.85. The van der Waals surface area contributed by atoms with Crippen LogP contribution in [0.25, 0.3) is 0 Å². The number of hydrogen-bond donors (Lipinski definition) is 0. The molecular weight excluding hydrogens is 336 g/mol. The van der Waals surface area contributed by atoms with Crippen molar-refractivity contribution in [1.29, 1.82) is 5.26 Å². The summed E-state index contributed by atoms with van der Waals surface area (Å²) < 4.78 is 6.89. The highest BCUT2D eigenvalue weighted by molar-refractivity contribution is 6.74. The summed E-state index contributed by atoms with van der Waals surface area (Å²) in [7, 11) is -1.78. The molecule has 3 rings (SSSR count). The molecule has 4 atom stereocenters. The lowest BCUT2D eigenvalue weighted by molar-refractivity contribution is 0.0601. The Morgan fingerprint density at radius 1 is 1.15 bits per heavy atom. The highest BCUT2D eigenvalue weighted by atomic mass is 28.4. The van der Waals surface area contributed by atoms with Crippen LogP contribution >= 0.6 is 0 Å². The molecule has 0 amide bonds. The molecule has 0 saturated carbocycles. The van der Waals surface area contributed by atoms with Crippen LogP contribution in [-0.2, 0) is 11.0 Å². The van der Waals surface area contributed by atoms with E-state index in [-0.39, 0.29) is 5.04 Å². The molecule has 1 aromatic carbocycles. The summed E-state index contributed by atoms with van der Waals surface area (Å²) in [5.41, 5.74) is 1.38. The van der Waals surface area contributed by atoms with Crippen LogP contribution in [0.2, 0.25) is 18.1 Å². The SMILES string of the molecule is CC(C)(C)[Si](C)(C)OC1CC2CC(CC#N)CC1N2Cc1ccccc1. The predicted octanol–water partition coefficient (Wildman–Crippen LogP) is 5.34. The highest BCUT2D eigenvalue weighted by Crippen LogP contribution is 2.45. The second kappa shape index (κ2) is 7.46. The van der Waals surface area contributed by atoms with Crippen LogP contribution in [0.3, 0.4) is 0 Å². The molecule has 0 radical (unpaired) electrons. The molecule has 2 saturated heterocycles. The number of nitrogens with zero attached hydrogens (tertiary/aromatic N) is 2. The van der Waals surface area contributed by atoms with Crippen molar-refractivity contribution in [3.05, 3.63) is 35.9 Å². The van der Waals surface area contributed by atoms with Crippen molar-refractivity contribution in [3.8, 4) is 6.07 Å². The third-order valence-corrected chi connectivity index (χ3v) is 11.4. The monoisotopic (exact) mass is 370 g/mol. The Balaban J connectivity index is 1.79. The molecule has 2 aliphatic rings. The van der Waals surface area contributed by atoms with Gasteiger partial charge in [0, 0.05) is 25.0 Å². The first-order valence-electron chi connectivity index (χ1n) is 10.1. The fraction of sp³-hybridized carbons (Fsp3) is 0.682. The lowest BCUT2D eigenvalue weighted by Gasteiger charge is -2.42. The van der Waals surface area contributed by atoms with Gasteiger partial charge in [-0.05, 0) is 48.9 Å². The molecule has 2 aliphatic heterocycles. The summed E-state index contributed by atoms with van der Waals surface area (Å²) in [6.45, 7) is 12.7. The van der Waals surface area contributed by atoms with Gasteiger partial charge in [0.25, 0.3) is 0 Å². The molecule has 2 fully saturated rings. The topological polar surface area (TPSA) is 36.3 Å². The van der Waals surface area contributed by atoms with Crippen molar-refractivity contribution in [3.63, 3.8) is 0 Å². The molecule has 0 aliphatic carbocycles. The van der Waals surface area contributed by atoms with E-state index in [2.05, 4.69) is 75.2 Å². The van der Waals surface area contributed by atoms with E-state index in [1.54, 1.807) is 0 Å². The van der Waals surface area contributed by atoms with Crippen LogP contribution in [0.1, 0.15) is 52.0 Å². The van der Waals surface area contributed by atoms with E-state index in [4.69, 9.17) is 4.43 Å². The van der Waals surface area contributed by atoms with Crippen LogP contribution in [0, 0.1) is 17.2 Å². The van der Waals surface area contributed by atoms with Gasteiger partial charge in [-0.2, -0.15) is 5.26 Å². The van der Waals surface area contributed by atoms with Gasteiger partial charge in [-0.1, -0.05) is 51.1 Å². The number of hydrogen-bond acceptors (Lipinski definition) is 3. The Labute approximate surface area is 160 Å². The Bertz CT molecular complexity index is 646. The van der Waals surface area contributed by atoms with Gasteiger partial charge >= 0.3 is 0 Å². The van der Waals surface area contributed by atoms with Crippen LogP contribution in [-0.4, -0.2) is 31.4 Å². The Hall–Kier alpha value is -1.15. The molecular formula is C22H34N2OSi. The van der Waals surface area contributed by atoms with Gasteiger partial charge in [-0.3, -0.25) is 4.90 Å². The first-order valence-corrected chi connectivity index (χ1v) is 13.0. The maximum atomic E-state index is 9.18. The predicted molar refractivity (Wildman–Crippen MR) is 109 cm³/mol. The van der Waals surface area contributed by atoms with Gasteiger partial charge in [0.05, 0.1) is 12.2 Å². The first-order chi connectivity index (χ1) is 12.2. The molecule has 4 unspecified atom stereocenters. The third kappa shape index (κ3) is 4.06. The normalized spacial score (nSPS) is 29.5. The summed E-state index contributed by atoms with van der Waals surface area (Å²) in [4.78, 5) is 2.68. The molecule has 2 heterocycles. The Morgan fingerprint density at radius 3 is 2.46 bits per heavy atom. The average Bonchev–Trinajstić information content (AvgIpc) is 2.74. The van der Waals surface area contributed by atoms with Gasteiger partial charge in [-0.15, -0.1) is 0 Å². The van der Waals surface area contributed by atoms with Gasteiger partial charge in [0.15, 0.2) is 8.32 Å². The zero-order valence-corrected chi connectivity index (χ0v) is 18.0. The fourth-order valence-electron chi connectivity index (χ4n) is 4.40. The van der Waals surface area contributed by atoms with Crippen LogP contribution in [0.5, 0.6) is 0 Å². The van der Waals surface area contributed by atoms with Crippen LogP contribution < -0.4 is 0 Å².